The van der Waals surface area contributed by atoms with Crippen LogP contribution in [0, 0.1) is 12.7 Å². The Hall–Kier alpha value is -4.22. The molecule has 0 bridgehead atoms. The summed E-state index contributed by atoms with van der Waals surface area (Å²) in [6.45, 7) is 1.64. The van der Waals surface area contributed by atoms with Crippen LogP contribution >= 0.6 is 0 Å². The highest BCUT2D eigenvalue weighted by Crippen LogP contribution is 2.24. The summed E-state index contributed by atoms with van der Waals surface area (Å²) in [6.07, 6.45) is -3.53. The van der Waals surface area contributed by atoms with Crippen LogP contribution in [0.4, 0.5) is 23.2 Å². The molecule has 0 fully saturated rings. The fraction of sp³-hybridized carbons (Fsp3) is 0.182. The highest BCUT2D eigenvalue weighted by molar-refractivity contribution is 5.90. The molecule has 8 nitrogen and oxygen atoms in total. The summed E-state index contributed by atoms with van der Waals surface area (Å²) < 4.78 is 56.5. The Balaban J connectivity index is 1.46. The van der Waals surface area contributed by atoms with E-state index in [0.717, 1.165) is 12.1 Å². The van der Waals surface area contributed by atoms with Gasteiger partial charge in [-0.25, -0.2) is 14.1 Å². The second-order valence-corrected chi connectivity index (χ2v) is 7.26. The van der Waals surface area contributed by atoms with Gasteiger partial charge < -0.3 is 10.1 Å². The second kappa shape index (κ2) is 8.96. The molecule has 0 atom stereocenters. The molecule has 2 aromatic carbocycles. The zero-order valence-electron chi connectivity index (χ0n) is 17.6. The molecule has 0 saturated carbocycles. The minimum Gasteiger partial charge on any atom is -0.406 e. The van der Waals surface area contributed by atoms with Crippen LogP contribution in [0.5, 0.6) is 5.75 Å². The van der Waals surface area contributed by atoms with Crippen LogP contribution in [-0.4, -0.2) is 31.6 Å². The summed E-state index contributed by atoms with van der Waals surface area (Å²) in [5.74, 6) is -0.912. The number of fused-ring (bicyclic) bond motifs is 1. The van der Waals surface area contributed by atoms with Crippen molar-refractivity contribution in [1.82, 2.24) is 19.3 Å². The standard InChI is InChI=1S/C22H17F4N5O3/c1-13-28-20-18(12-27-31(20)16-6-2-14(23)3-7-16)21(33)30(13)11-10-19(32)29-15-4-8-17(9-5-15)34-22(24,25)26/h2-9,12H,10-11H2,1H3,(H,29,32). The van der Waals surface area contributed by atoms with Gasteiger partial charge in [-0.1, -0.05) is 0 Å². The molecule has 0 aliphatic heterocycles. The average molecular weight is 475 g/mol. The number of benzene rings is 2. The number of aromatic nitrogens is 4. The number of nitrogens with zero attached hydrogens (tertiary/aromatic N) is 4. The molecule has 0 aliphatic rings. The monoisotopic (exact) mass is 475 g/mol. The molecule has 1 N–H and O–H groups in total. The Labute approximate surface area is 189 Å². The quantitative estimate of drug-likeness (QED) is 0.427. The van der Waals surface area contributed by atoms with E-state index in [1.165, 1.54) is 51.8 Å². The SMILES string of the molecule is Cc1nc2c(cnn2-c2ccc(F)cc2)c(=O)n1CCC(=O)Nc1ccc(OC(F)(F)F)cc1. The average Bonchev–Trinajstić information content (AvgIpc) is 3.18. The summed E-state index contributed by atoms with van der Waals surface area (Å²) in [4.78, 5) is 29.7. The van der Waals surface area contributed by atoms with Gasteiger partial charge in [-0.3, -0.25) is 14.2 Å². The number of aryl methyl sites for hydroxylation is 1. The molecule has 0 spiro atoms. The van der Waals surface area contributed by atoms with Crippen molar-refractivity contribution < 1.29 is 27.1 Å². The van der Waals surface area contributed by atoms with Gasteiger partial charge in [-0.05, 0) is 55.5 Å². The van der Waals surface area contributed by atoms with Gasteiger partial charge in [0, 0.05) is 18.7 Å². The summed E-state index contributed by atoms with van der Waals surface area (Å²) in [7, 11) is 0. The lowest BCUT2D eigenvalue weighted by Gasteiger charge is -2.11. The lowest BCUT2D eigenvalue weighted by atomic mass is 10.3. The highest BCUT2D eigenvalue weighted by atomic mass is 19.4. The first-order valence-electron chi connectivity index (χ1n) is 9.97. The van der Waals surface area contributed by atoms with Gasteiger partial charge >= 0.3 is 6.36 Å². The lowest BCUT2D eigenvalue weighted by molar-refractivity contribution is -0.274. The van der Waals surface area contributed by atoms with Crippen LogP contribution in [0.15, 0.2) is 59.5 Å². The molecular weight excluding hydrogens is 458 g/mol. The molecule has 0 aliphatic carbocycles. The second-order valence-electron chi connectivity index (χ2n) is 7.26. The van der Waals surface area contributed by atoms with E-state index in [2.05, 4.69) is 20.1 Å². The van der Waals surface area contributed by atoms with Gasteiger partial charge in [-0.15, -0.1) is 13.2 Å². The van der Waals surface area contributed by atoms with Gasteiger partial charge in [0.15, 0.2) is 5.65 Å². The van der Waals surface area contributed by atoms with E-state index >= 15 is 0 Å². The minimum atomic E-state index is -4.81. The van der Waals surface area contributed by atoms with Gasteiger partial charge in [-0.2, -0.15) is 5.10 Å². The maximum Gasteiger partial charge on any atom is 0.573 e. The Morgan fingerprint density at radius 2 is 1.76 bits per heavy atom. The number of anilines is 1. The molecule has 4 rings (SSSR count). The number of alkyl halides is 3. The van der Waals surface area contributed by atoms with E-state index in [9.17, 15) is 27.2 Å². The molecule has 2 heterocycles. The Kier molecular flexibility index (Phi) is 6.05. The number of hydrogen-bond donors (Lipinski definition) is 1. The van der Waals surface area contributed by atoms with E-state index in [1.54, 1.807) is 6.92 Å². The van der Waals surface area contributed by atoms with Crippen molar-refractivity contribution >= 4 is 22.6 Å². The van der Waals surface area contributed by atoms with Crippen LogP contribution in [0.2, 0.25) is 0 Å². The Morgan fingerprint density at radius 1 is 1.09 bits per heavy atom. The number of ether oxygens (including phenoxy) is 1. The smallest absolute Gasteiger partial charge is 0.406 e. The summed E-state index contributed by atoms with van der Waals surface area (Å²) >= 11 is 0. The van der Waals surface area contributed by atoms with Crippen molar-refractivity contribution in [3.63, 3.8) is 0 Å². The predicted octanol–water partition coefficient (Wildman–Crippen LogP) is 3.96. The minimum absolute atomic E-state index is 0.0242. The third-order valence-electron chi connectivity index (χ3n) is 4.88. The molecule has 176 valence electrons. The fourth-order valence-corrected chi connectivity index (χ4v) is 3.32. The van der Waals surface area contributed by atoms with E-state index in [0.29, 0.717) is 17.2 Å². The predicted molar refractivity (Wildman–Crippen MR) is 114 cm³/mol. The Morgan fingerprint density at radius 3 is 2.41 bits per heavy atom. The van der Waals surface area contributed by atoms with Crippen LogP contribution < -0.4 is 15.6 Å². The normalized spacial score (nSPS) is 11.6. The number of carbonyl (C=O) groups excluding carboxylic acids is 1. The zero-order valence-corrected chi connectivity index (χ0v) is 17.6. The van der Waals surface area contributed by atoms with Crippen LogP contribution in [0.25, 0.3) is 16.7 Å². The molecule has 12 heteroatoms. The van der Waals surface area contributed by atoms with Gasteiger partial charge in [0.1, 0.15) is 22.8 Å². The number of hydrogen-bond acceptors (Lipinski definition) is 5. The number of amides is 1. The molecular formula is C22H17F4N5O3. The zero-order chi connectivity index (χ0) is 24.5. The van der Waals surface area contributed by atoms with Crippen molar-refractivity contribution in [2.24, 2.45) is 0 Å². The third kappa shape index (κ3) is 5.05. The van der Waals surface area contributed by atoms with Crippen LogP contribution in [0.3, 0.4) is 0 Å². The van der Waals surface area contributed by atoms with Gasteiger partial charge in [0.05, 0.1) is 11.9 Å². The van der Waals surface area contributed by atoms with E-state index < -0.39 is 29.4 Å². The largest absolute Gasteiger partial charge is 0.573 e. The van der Waals surface area contributed by atoms with Crippen LogP contribution in [0.1, 0.15) is 12.2 Å². The van der Waals surface area contributed by atoms with E-state index in [-0.39, 0.29) is 24.0 Å². The summed E-state index contributed by atoms with van der Waals surface area (Å²) in [6, 6.07) is 10.3. The van der Waals surface area contributed by atoms with Crippen molar-refractivity contribution in [3.05, 3.63) is 76.7 Å². The maximum atomic E-state index is 13.2. The fourth-order valence-electron chi connectivity index (χ4n) is 3.32. The molecule has 0 saturated heterocycles. The highest BCUT2D eigenvalue weighted by Gasteiger charge is 2.31. The number of nitrogens with one attached hydrogen (secondary N) is 1. The van der Waals surface area contributed by atoms with Gasteiger partial charge in [0.2, 0.25) is 5.91 Å². The first-order valence-corrected chi connectivity index (χ1v) is 9.97. The van der Waals surface area contributed by atoms with E-state index in [1.807, 2.05) is 0 Å². The number of rotatable bonds is 6. The van der Waals surface area contributed by atoms with Crippen molar-refractivity contribution in [2.45, 2.75) is 26.3 Å². The van der Waals surface area contributed by atoms with Crippen molar-refractivity contribution in [1.29, 1.82) is 0 Å². The Bertz CT molecular complexity index is 1390. The first kappa shape index (κ1) is 23.0. The topological polar surface area (TPSA) is 91.0 Å². The van der Waals surface area contributed by atoms with Crippen molar-refractivity contribution in [2.75, 3.05) is 5.32 Å². The summed E-state index contributed by atoms with van der Waals surface area (Å²) in [5.41, 5.74) is 0.720. The molecule has 2 aromatic heterocycles. The van der Waals surface area contributed by atoms with Crippen molar-refractivity contribution in [3.8, 4) is 11.4 Å². The molecule has 0 radical (unpaired) electrons. The first-order chi connectivity index (χ1) is 16.1. The molecule has 0 unspecified atom stereocenters. The van der Waals surface area contributed by atoms with E-state index in [4.69, 9.17) is 0 Å². The van der Waals surface area contributed by atoms with Gasteiger partial charge in [0.25, 0.3) is 5.56 Å². The summed E-state index contributed by atoms with van der Waals surface area (Å²) in [5, 5.41) is 6.96. The molecule has 34 heavy (non-hydrogen) atoms. The molecule has 1 amide bonds. The van der Waals surface area contributed by atoms with Crippen LogP contribution in [-0.2, 0) is 11.3 Å². The lowest BCUT2D eigenvalue weighted by Crippen LogP contribution is -2.26. The maximum absolute atomic E-state index is 13.2. The third-order valence-corrected chi connectivity index (χ3v) is 4.88. The number of halogens is 4. The number of carbonyl (C=O) groups is 1. The molecule has 4 aromatic rings.